The number of pyridine rings is 1. The van der Waals surface area contributed by atoms with E-state index < -0.39 is 33.6 Å². The molecule has 0 atom stereocenters. The summed E-state index contributed by atoms with van der Waals surface area (Å²) in [6, 6.07) is 12.1. The molecular weight excluding hydrogens is 473 g/mol. The maximum atomic E-state index is 12.9. The van der Waals surface area contributed by atoms with Gasteiger partial charge in [0.15, 0.2) is 0 Å². The Morgan fingerprint density at radius 3 is 2.41 bits per heavy atom. The van der Waals surface area contributed by atoms with Crippen LogP contribution in [0.25, 0.3) is 0 Å². The molecular formula is C22H19F3N4O4S. The van der Waals surface area contributed by atoms with Crippen LogP contribution in [-0.4, -0.2) is 25.2 Å². The fourth-order valence-electron chi connectivity index (χ4n) is 2.84. The number of carbonyl (C=O) groups is 2. The highest BCUT2D eigenvalue weighted by Gasteiger charge is 2.30. The van der Waals surface area contributed by atoms with Gasteiger partial charge in [-0.2, -0.15) is 13.2 Å². The normalized spacial score (nSPS) is 11.5. The van der Waals surface area contributed by atoms with E-state index in [4.69, 9.17) is 0 Å². The van der Waals surface area contributed by atoms with Gasteiger partial charge in [-0.05, 0) is 54.4 Å². The Morgan fingerprint density at radius 2 is 1.71 bits per heavy atom. The van der Waals surface area contributed by atoms with Crippen LogP contribution >= 0.6 is 0 Å². The monoisotopic (exact) mass is 492 g/mol. The highest BCUT2D eigenvalue weighted by atomic mass is 32.2. The Bertz CT molecular complexity index is 1280. The molecule has 0 aliphatic heterocycles. The van der Waals surface area contributed by atoms with Gasteiger partial charge in [-0.1, -0.05) is 18.2 Å². The lowest BCUT2D eigenvalue weighted by Crippen LogP contribution is -2.41. The van der Waals surface area contributed by atoms with Crippen LogP contribution < -0.4 is 15.6 Å². The molecule has 3 N–H and O–H groups in total. The lowest BCUT2D eigenvalue weighted by Gasteiger charge is -2.12. The first-order chi connectivity index (χ1) is 16.0. The lowest BCUT2D eigenvalue weighted by atomic mass is 10.1. The highest BCUT2D eigenvalue weighted by molar-refractivity contribution is 7.92. The van der Waals surface area contributed by atoms with Crippen molar-refractivity contribution in [1.29, 1.82) is 0 Å². The lowest BCUT2D eigenvalue weighted by molar-refractivity contribution is -0.137. The first-order valence-corrected chi connectivity index (χ1v) is 11.3. The first-order valence-electron chi connectivity index (χ1n) is 9.83. The Balaban J connectivity index is 1.63. The van der Waals surface area contributed by atoms with Crippen molar-refractivity contribution in [3.8, 4) is 0 Å². The number of rotatable bonds is 7. The summed E-state index contributed by atoms with van der Waals surface area (Å²) in [6.45, 7) is 0. The molecule has 34 heavy (non-hydrogen) atoms. The molecule has 0 spiro atoms. The van der Waals surface area contributed by atoms with Gasteiger partial charge in [-0.15, -0.1) is 0 Å². The number of hydrogen-bond donors (Lipinski definition) is 3. The number of hydrogen-bond acceptors (Lipinski definition) is 5. The number of amides is 2. The van der Waals surface area contributed by atoms with Crippen molar-refractivity contribution in [2.45, 2.75) is 23.9 Å². The van der Waals surface area contributed by atoms with Gasteiger partial charge < -0.3 is 0 Å². The summed E-state index contributed by atoms with van der Waals surface area (Å²) >= 11 is 0. The van der Waals surface area contributed by atoms with E-state index in [-0.39, 0.29) is 22.6 Å². The van der Waals surface area contributed by atoms with E-state index in [1.54, 1.807) is 24.5 Å². The molecule has 0 fully saturated rings. The van der Waals surface area contributed by atoms with Crippen LogP contribution in [0.1, 0.15) is 27.9 Å². The number of aryl methyl sites for hydroxylation is 1. The fourth-order valence-corrected chi connectivity index (χ4v) is 3.94. The van der Waals surface area contributed by atoms with E-state index in [1.807, 2.05) is 0 Å². The van der Waals surface area contributed by atoms with Gasteiger partial charge in [0.1, 0.15) is 0 Å². The Kier molecular flexibility index (Phi) is 7.51. The molecule has 3 rings (SSSR count). The minimum atomic E-state index is -4.64. The number of alkyl halides is 3. The summed E-state index contributed by atoms with van der Waals surface area (Å²) in [7, 11) is -4.29. The summed E-state index contributed by atoms with van der Waals surface area (Å²) in [6.07, 6.45) is -0.924. The average Bonchev–Trinajstić information content (AvgIpc) is 2.81. The molecule has 3 aromatic rings. The number of sulfonamides is 1. The Hall–Kier alpha value is -3.93. The van der Waals surface area contributed by atoms with E-state index in [1.165, 1.54) is 24.3 Å². The van der Waals surface area contributed by atoms with E-state index in [9.17, 15) is 31.2 Å². The van der Waals surface area contributed by atoms with Gasteiger partial charge in [-0.25, -0.2) is 8.42 Å². The van der Waals surface area contributed by atoms with Crippen LogP contribution in [0.5, 0.6) is 0 Å². The maximum absolute atomic E-state index is 12.9. The van der Waals surface area contributed by atoms with Gasteiger partial charge in [0.25, 0.3) is 15.9 Å². The van der Waals surface area contributed by atoms with Gasteiger partial charge in [0.2, 0.25) is 5.91 Å². The van der Waals surface area contributed by atoms with Crippen LogP contribution in [0.3, 0.4) is 0 Å². The number of nitrogens with zero attached hydrogens (tertiary/aromatic N) is 1. The predicted molar refractivity (Wildman–Crippen MR) is 117 cm³/mol. The smallest absolute Gasteiger partial charge is 0.280 e. The SMILES string of the molecule is O=C(CCc1cccnc1)NNC(=O)c1cccc(S(=O)(=O)Nc2cccc(C(F)(F)F)c2)c1. The fraction of sp³-hybridized carbons (Fsp3) is 0.136. The van der Waals surface area contributed by atoms with Crippen molar-refractivity contribution in [2.75, 3.05) is 4.72 Å². The second-order valence-electron chi connectivity index (χ2n) is 7.08. The number of halogens is 3. The minimum absolute atomic E-state index is 0.0838. The molecule has 1 aromatic heterocycles. The van der Waals surface area contributed by atoms with Gasteiger partial charge >= 0.3 is 6.18 Å². The third-order valence-corrected chi connectivity index (χ3v) is 5.91. The van der Waals surface area contributed by atoms with E-state index in [0.717, 1.165) is 23.8 Å². The molecule has 0 saturated carbocycles. The number of benzene rings is 2. The van der Waals surface area contributed by atoms with Crippen LogP contribution in [-0.2, 0) is 27.4 Å². The Labute approximate surface area is 193 Å². The zero-order valence-corrected chi connectivity index (χ0v) is 18.3. The van der Waals surface area contributed by atoms with Crippen molar-refractivity contribution in [1.82, 2.24) is 15.8 Å². The second kappa shape index (κ2) is 10.3. The van der Waals surface area contributed by atoms with E-state index in [0.29, 0.717) is 12.5 Å². The number of hydrazine groups is 1. The summed E-state index contributed by atoms with van der Waals surface area (Å²) in [5, 5.41) is 0. The summed E-state index contributed by atoms with van der Waals surface area (Å²) in [4.78, 5) is 27.9. The molecule has 0 bridgehead atoms. The zero-order chi connectivity index (χ0) is 24.8. The molecule has 2 aromatic carbocycles. The molecule has 8 nitrogen and oxygen atoms in total. The van der Waals surface area contributed by atoms with E-state index >= 15 is 0 Å². The van der Waals surface area contributed by atoms with Crippen molar-refractivity contribution in [2.24, 2.45) is 0 Å². The molecule has 1 heterocycles. The largest absolute Gasteiger partial charge is 0.416 e. The minimum Gasteiger partial charge on any atom is -0.280 e. The topological polar surface area (TPSA) is 117 Å². The number of carbonyl (C=O) groups excluding carboxylic acids is 2. The standard InChI is InChI=1S/C22H19F3N4O4S/c23-22(24,25)17-6-2-7-18(13-17)29-34(32,33)19-8-1-5-16(12-19)21(31)28-27-20(30)10-9-15-4-3-11-26-14-15/h1-8,11-14,29H,9-10H2,(H,27,30)(H,28,31). The van der Waals surface area contributed by atoms with Gasteiger partial charge in [0, 0.05) is 30.1 Å². The molecule has 0 saturated heterocycles. The number of nitrogens with one attached hydrogen (secondary N) is 3. The molecule has 0 aliphatic carbocycles. The average molecular weight is 492 g/mol. The predicted octanol–water partition coefficient (Wildman–Crippen LogP) is 3.30. The third-order valence-electron chi connectivity index (χ3n) is 4.53. The van der Waals surface area contributed by atoms with Crippen molar-refractivity contribution >= 4 is 27.5 Å². The molecule has 12 heteroatoms. The van der Waals surface area contributed by atoms with Crippen LogP contribution in [0.2, 0.25) is 0 Å². The van der Waals surface area contributed by atoms with Gasteiger partial charge in [-0.3, -0.25) is 30.1 Å². The van der Waals surface area contributed by atoms with Crippen molar-refractivity contribution < 1.29 is 31.2 Å². The maximum Gasteiger partial charge on any atom is 0.416 e. The van der Waals surface area contributed by atoms with Gasteiger partial charge in [0.05, 0.1) is 10.5 Å². The Morgan fingerprint density at radius 1 is 0.941 bits per heavy atom. The van der Waals surface area contributed by atoms with E-state index in [2.05, 4.69) is 20.6 Å². The van der Waals surface area contributed by atoms with Crippen molar-refractivity contribution in [3.05, 3.63) is 89.7 Å². The molecule has 178 valence electrons. The molecule has 0 radical (unpaired) electrons. The highest BCUT2D eigenvalue weighted by Crippen LogP contribution is 2.31. The molecule has 0 unspecified atom stereocenters. The zero-order valence-electron chi connectivity index (χ0n) is 17.5. The summed E-state index contributed by atoms with van der Waals surface area (Å²) in [5.41, 5.74) is 3.89. The van der Waals surface area contributed by atoms with Crippen molar-refractivity contribution in [3.63, 3.8) is 0 Å². The summed E-state index contributed by atoms with van der Waals surface area (Å²) in [5.74, 6) is -1.24. The number of aromatic nitrogens is 1. The van der Waals surface area contributed by atoms with Crippen LogP contribution in [0.15, 0.2) is 78.0 Å². The van der Waals surface area contributed by atoms with Crippen LogP contribution in [0, 0.1) is 0 Å². The summed E-state index contributed by atoms with van der Waals surface area (Å²) < 4.78 is 65.9. The third kappa shape index (κ3) is 6.78. The quantitative estimate of drug-likeness (QED) is 0.438. The molecule has 0 aliphatic rings. The second-order valence-corrected chi connectivity index (χ2v) is 8.76. The first kappa shape index (κ1) is 24.7. The molecule has 2 amide bonds. The van der Waals surface area contributed by atoms with Crippen LogP contribution in [0.4, 0.5) is 18.9 Å². The number of anilines is 1.